The second-order valence-corrected chi connectivity index (χ2v) is 3.95. The number of halogens is 2. The average Bonchev–Trinajstić information content (AvgIpc) is 2.13. The van der Waals surface area contributed by atoms with E-state index >= 15 is 0 Å². The van der Waals surface area contributed by atoms with Crippen molar-refractivity contribution in [3.8, 4) is 0 Å². The molecule has 0 aromatic rings. The van der Waals surface area contributed by atoms with Crippen molar-refractivity contribution >= 4 is 5.91 Å². The predicted molar refractivity (Wildman–Crippen MR) is 50.4 cm³/mol. The van der Waals surface area contributed by atoms with Crippen LogP contribution in [-0.2, 0) is 4.79 Å². The molecule has 0 heterocycles. The monoisotopic (exact) mass is 222 g/mol. The maximum absolute atomic E-state index is 11.9. The highest BCUT2D eigenvalue weighted by atomic mass is 19.3. The lowest BCUT2D eigenvalue weighted by Gasteiger charge is -2.39. The number of carbonyl (C=O) groups is 1. The summed E-state index contributed by atoms with van der Waals surface area (Å²) in [4.78, 5) is 11.6. The zero-order chi connectivity index (χ0) is 11.5. The van der Waals surface area contributed by atoms with Crippen molar-refractivity contribution in [2.24, 2.45) is 11.1 Å². The van der Waals surface area contributed by atoms with Crippen LogP contribution < -0.4 is 11.1 Å². The lowest BCUT2D eigenvalue weighted by atomic mass is 9.68. The van der Waals surface area contributed by atoms with Crippen molar-refractivity contribution in [1.29, 1.82) is 0 Å². The van der Waals surface area contributed by atoms with Gasteiger partial charge in [0.05, 0.1) is 5.41 Å². The van der Waals surface area contributed by atoms with Crippen molar-refractivity contribution in [1.82, 2.24) is 5.32 Å². The highest BCUT2D eigenvalue weighted by Crippen LogP contribution is 2.39. The SMILES string of the molecule is NCC1(C(=O)NCC(O)C(F)F)CCC1. The summed E-state index contributed by atoms with van der Waals surface area (Å²) in [5.41, 5.74) is 4.88. The minimum absolute atomic E-state index is 0.226. The largest absolute Gasteiger partial charge is 0.385 e. The Kier molecular flexibility index (Phi) is 3.98. The third-order valence-corrected chi connectivity index (χ3v) is 2.95. The lowest BCUT2D eigenvalue weighted by Crippen LogP contribution is -2.52. The number of hydrogen-bond donors (Lipinski definition) is 3. The van der Waals surface area contributed by atoms with Crippen LogP contribution >= 0.6 is 0 Å². The van der Waals surface area contributed by atoms with Crippen LogP contribution in [0.15, 0.2) is 0 Å². The van der Waals surface area contributed by atoms with Crippen molar-refractivity contribution in [2.45, 2.75) is 31.8 Å². The van der Waals surface area contributed by atoms with Gasteiger partial charge in [-0.05, 0) is 12.8 Å². The Labute approximate surface area is 86.8 Å². The van der Waals surface area contributed by atoms with Gasteiger partial charge < -0.3 is 16.2 Å². The highest BCUT2D eigenvalue weighted by Gasteiger charge is 2.42. The van der Waals surface area contributed by atoms with Crippen molar-refractivity contribution in [2.75, 3.05) is 13.1 Å². The van der Waals surface area contributed by atoms with Crippen LogP contribution in [-0.4, -0.2) is 36.6 Å². The number of aliphatic hydroxyl groups excluding tert-OH is 1. The smallest absolute Gasteiger partial charge is 0.265 e. The molecule has 1 unspecified atom stereocenters. The van der Waals surface area contributed by atoms with Gasteiger partial charge in [0.15, 0.2) is 0 Å². The van der Waals surface area contributed by atoms with E-state index in [1.165, 1.54) is 0 Å². The lowest BCUT2D eigenvalue weighted by molar-refractivity contribution is -0.136. The van der Waals surface area contributed by atoms with Crippen LogP contribution in [0.3, 0.4) is 0 Å². The van der Waals surface area contributed by atoms with Gasteiger partial charge >= 0.3 is 0 Å². The molecule has 1 rings (SSSR count). The van der Waals surface area contributed by atoms with Crippen molar-refractivity contribution < 1.29 is 18.7 Å². The number of rotatable bonds is 5. The Bertz CT molecular complexity index is 227. The molecule has 4 nitrogen and oxygen atoms in total. The molecule has 0 spiro atoms. The number of amides is 1. The summed E-state index contributed by atoms with van der Waals surface area (Å²) in [6.45, 7) is -0.193. The molecule has 0 saturated heterocycles. The Morgan fingerprint density at radius 1 is 1.53 bits per heavy atom. The molecule has 0 radical (unpaired) electrons. The van der Waals surface area contributed by atoms with Crippen molar-refractivity contribution in [3.63, 3.8) is 0 Å². The predicted octanol–water partition coefficient (Wildman–Crippen LogP) is -0.142. The fourth-order valence-corrected chi connectivity index (χ4v) is 1.60. The molecule has 1 aliphatic carbocycles. The fraction of sp³-hybridized carbons (Fsp3) is 0.889. The van der Waals surface area contributed by atoms with Gasteiger partial charge in [-0.3, -0.25) is 4.79 Å². The number of nitrogens with two attached hydrogens (primary N) is 1. The van der Waals surface area contributed by atoms with Crippen LogP contribution in [0.1, 0.15) is 19.3 Å². The van der Waals surface area contributed by atoms with Crippen LogP contribution in [0.4, 0.5) is 8.78 Å². The van der Waals surface area contributed by atoms with E-state index in [9.17, 15) is 13.6 Å². The van der Waals surface area contributed by atoms with E-state index in [4.69, 9.17) is 10.8 Å². The van der Waals surface area contributed by atoms with Gasteiger partial charge in [-0.2, -0.15) is 0 Å². The summed E-state index contributed by atoms with van der Waals surface area (Å²) >= 11 is 0. The van der Waals surface area contributed by atoms with Gasteiger partial charge in [0.1, 0.15) is 6.10 Å². The van der Waals surface area contributed by atoms with Gasteiger partial charge in [-0.25, -0.2) is 8.78 Å². The molecule has 1 amide bonds. The number of aliphatic hydroxyl groups is 1. The summed E-state index contributed by atoms with van der Waals surface area (Å²) in [6, 6.07) is 0. The maximum Gasteiger partial charge on any atom is 0.265 e. The quantitative estimate of drug-likeness (QED) is 0.606. The molecule has 0 aromatic carbocycles. The van der Waals surface area contributed by atoms with Crippen LogP contribution in [0, 0.1) is 5.41 Å². The molecule has 6 heteroatoms. The van der Waals surface area contributed by atoms with Crippen molar-refractivity contribution in [3.05, 3.63) is 0 Å². The van der Waals surface area contributed by atoms with Gasteiger partial charge in [-0.15, -0.1) is 0 Å². The molecule has 1 saturated carbocycles. The van der Waals surface area contributed by atoms with Gasteiger partial charge in [0, 0.05) is 13.1 Å². The van der Waals surface area contributed by atoms with Gasteiger partial charge in [0.25, 0.3) is 6.43 Å². The second-order valence-electron chi connectivity index (χ2n) is 3.95. The normalized spacial score (nSPS) is 20.9. The average molecular weight is 222 g/mol. The summed E-state index contributed by atoms with van der Waals surface area (Å²) in [7, 11) is 0. The third-order valence-electron chi connectivity index (χ3n) is 2.95. The Morgan fingerprint density at radius 2 is 2.13 bits per heavy atom. The first kappa shape index (κ1) is 12.3. The van der Waals surface area contributed by atoms with Gasteiger partial charge in [-0.1, -0.05) is 6.42 Å². The van der Waals surface area contributed by atoms with Gasteiger partial charge in [0.2, 0.25) is 5.91 Å². The number of alkyl halides is 2. The number of nitrogens with one attached hydrogen (secondary N) is 1. The van der Waals surface area contributed by atoms with E-state index in [0.717, 1.165) is 6.42 Å². The molecule has 0 aromatic heterocycles. The molecule has 0 bridgehead atoms. The highest BCUT2D eigenvalue weighted by molar-refractivity contribution is 5.83. The van der Waals surface area contributed by atoms with E-state index in [2.05, 4.69) is 5.32 Å². The zero-order valence-corrected chi connectivity index (χ0v) is 8.38. The molecule has 4 N–H and O–H groups in total. The topological polar surface area (TPSA) is 75.4 Å². The first-order chi connectivity index (χ1) is 7.02. The number of hydrogen-bond acceptors (Lipinski definition) is 3. The van der Waals surface area contributed by atoms with E-state index < -0.39 is 24.5 Å². The Hall–Kier alpha value is -0.750. The Morgan fingerprint density at radius 3 is 2.47 bits per heavy atom. The summed E-state index contributed by atoms with van der Waals surface area (Å²) < 4.78 is 23.9. The molecule has 88 valence electrons. The minimum atomic E-state index is -2.83. The Balaban J connectivity index is 2.35. The van der Waals surface area contributed by atoms with E-state index in [0.29, 0.717) is 12.8 Å². The standard InChI is InChI=1S/C9H16F2N2O2/c10-7(11)6(14)4-13-8(15)9(5-12)2-1-3-9/h6-7,14H,1-5,12H2,(H,13,15). The summed E-state index contributed by atoms with van der Waals surface area (Å²) in [5, 5.41) is 11.1. The summed E-state index contributed by atoms with van der Waals surface area (Å²) in [5.74, 6) is -0.323. The fourth-order valence-electron chi connectivity index (χ4n) is 1.60. The van der Waals surface area contributed by atoms with E-state index in [1.54, 1.807) is 0 Å². The molecule has 1 aliphatic rings. The second kappa shape index (κ2) is 4.85. The molecule has 15 heavy (non-hydrogen) atoms. The van der Waals surface area contributed by atoms with E-state index in [-0.39, 0.29) is 12.5 Å². The zero-order valence-electron chi connectivity index (χ0n) is 8.38. The molecule has 1 fully saturated rings. The third kappa shape index (κ3) is 2.63. The molecular weight excluding hydrogens is 206 g/mol. The van der Waals surface area contributed by atoms with Crippen LogP contribution in [0.2, 0.25) is 0 Å². The van der Waals surface area contributed by atoms with E-state index in [1.807, 2.05) is 0 Å². The van der Waals surface area contributed by atoms with Crippen LogP contribution in [0.5, 0.6) is 0 Å². The van der Waals surface area contributed by atoms with Crippen LogP contribution in [0.25, 0.3) is 0 Å². The molecule has 1 atom stereocenters. The molecule has 0 aliphatic heterocycles. The first-order valence-electron chi connectivity index (χ1n) is 4.96. The maximum atomic E-state index is 11.9. The number of carbonyl (C=O) groups excluding carboxylic acids is 1. The first-order valence-corrected chi connectivity index (χ1v) is 4.96. The summed E-state index contributed by atoms with van der Waals surface area (Å²) in [6.07, 6.45) is -2.31. The minimum Gasteiger partial charge on any atom is -0.385 e. The molecular formula is C9H16F2N2O2.